The van der Waals surface area contributed by atoms with Gasteiger partial charge >= 0.3 is 0 Å². The quantitative estimate of drug-likeness (QED) is 0.689. The molecule has 0 unspecified atom stereocenters. The molecule has 76 valence electrons. The minimum absolute atomic E-state index is 1.12. The van der Waals surface area contributed by atoms with Crippen molar-refractivity contribution < 1.29 is 0 Å². The molecule has 0 bridgehead atoms. The van der Waals surface area contributed by atoms with Crippen LogP contribution in [0.25, 0.3) is 11.3 Å². The van der Waals surface area contributed by atoms with Crippen LogP contribution in [0.5, 0.6) is 0 Å². The maximum Gasteiger partial charge on any atom is 0.109 e. The molecule has 0 radical (unpaired) electrons. The Hall–Kier alpha value is -1.57. The van der Waals surface area contributed by atoms with Crippen molar-refractivity contribution in [2.75, 3.05) is 0 Å². The summed E-state index contributed by atoms with van der Waals surface area (Å²) in [6.07, 6.45) is 4.37. The zero-order valence-corrected chi connectivity index (χ0v) is 8.90. The number of rotatable bonds is 1. The van der Waals surface area contributed by atoms with Gasteiger partial charge in [0.1, 0.15) is 5.82 Å². The predicted octanol–water partition coefficient (Wildman–Crippen LogP) is 2.80. The molecule has 1 aliphatic rings. The molecule has 1 aliphatic heterocycles. The maximum absolute atomic E-state index is 4.47. The number of benzene rings is 1. The first-order chi connectivity index (χ1) is 7.34. The third kappa shape index (κ3) is 1.37. The summed E-state index contributed by atoms with van der Waals surface area (Å²) in [5.41, 5.74) is 3.86. The van der Waals surface area contributed by atoms with Gasteiger partial charge in [-0.2, -0.15) is 0 Å². The van der Waals surface area contributed by atoms with Crippen LogP contribution < -0.4 is 0 Å². The molecule has 0 aliphatic carbocycles. The minimum Gasteiger partial charge on any atom is -0.328 e. The van der Waals surface area contributed by atoms with Gasteiger partial charge in [0.25, 0.3) is 0 Å². The molecule has 2 nitrogen and oxygen atoms in total. The van der Waals surface area contributed by atoms with E-state index < -0.39 is 0 Å². The summed E-state index contributed by atoms with van der Waals surface area (Å²) >= 11 is 0. The topological polar surface area (TPSA) is 17.8 Å². The third-order valence-corrected chi connectivity index (χ3v) is 3.03. The molecular formula is C13H14N2. The van der Waals surface area contributed by atoms with Crippen molar-refractivity contribution in [3.05, 3.63) is 41.9 Å². The average molecular weight is 198 g/mol. The molecule has 0 amide bonds. The second kappa shape index (κ2) is 3.23. The van der Waals surface area contributed by atoms with E-state index in [1.807, 2.05) is 6.20 Å². The van der Waals surface area contributed by atoms with Crippen molar-refractivity contribution in [1.29, 1.82) is 0 Å². The summed E-state index contributed by atoms with van der Waals surface area (Å²) in [5.74, 6) is 1.24. The van der Waals surface area contributed by atoms with Gasteiger partial charge in [0.2, 0.25) is 0 Å². The number of nitrogens with zero attached hydrogens (tertiary/aromatic N) is 2. The van der Waals surface area contributed by atoms with Crippen LogP contribution in [-0.4, -0.2) is 9.55 Å². The van der Waals surface area contributed by atoms with Crippen molar-refractivity contribution in [3.8, 4) is 11.3 Å². The molecule has 2 heteroatoms. The van der Waals surface area contributed by atoms with Crippen LogP contribution in [0.4, 0.5) is 0 Å². The van der Waals surface area contributed by atoms with Gasteiger partial charge in [0.15, 0.2) is 0 Å². The smallest absolute Gasteiger partial charge is 0.109 e. The van der Waals surface area contributed by atoms with E-state index >= 15 is 0 Å². The summed E-state index contributed by atoms with van der Waals surface area (Å²) in [5, 5.41) is 0. The van der Waals surface area contributed by atoms with Crippen molar-refractivity contribution >= 4 is 0 Å². The van der Waals surface area contributed by atoms with E-state index in [0.717, 1.165) is 13.0 Å². The summed E-state index contributed by atoms with van der Waals surface area (Å²) < 4.78 is 2.34. The van der Waals surface area contributed by atoms with E-state index in [-0.39, 0.29) is 0 Å². The van der Waals surface area contributed by atoms with Crippen LogP contribution in [0.3, 0.4) is 0 Å². The lowest BCUT2D eigenvalue weighted by atomic mass is 10.1. The molecule has 1 aromatic carbocycles. The van der Waals surface area contributed by atoms with Gasteiger partial charge < -0.3 is 4.57 Å². The Bertz CT molecular complexity index is 497. The maximum atomic E-state index is 4.47. The van der Waals surface area contributed by atoms with Crippen LogP contribution >= 0.6 is 0 Å². The number of imidazole rings is 1. The van der Waals surface area contributed by atoms with Crippen LogP contribution in [0, 0.1) is 6.92 Å². The molecule has 0 saturated heterocycles. The van der Waals surface area contributed by atoms with Crippen LogP contribution in [0.2, 0.25) is 0 Å². The van der Waals surface area contributed by atoms with Gasteiger partial charge in [-0.15, -0.1) is 0 Å². The molecule has 3 rings (SSSR count). The van der Waals surface area contributed by atoms with Crippen LogP contribution in [-0.2, 0) is 13.0 Å². The van der Waals surface area contributed by atoms with E-state index in [1.165, 1.54) is 29.1 Å². The highest BCUT2D eigenvalue weighted by atomic mass is 15.1. The van der Waals surface area contributed by atoms with Crippen molar-refractivity contribution in [2.45, 2.75) is 26.3 Å². The van der Waals surface area contributed by atoms with E-state index in [9.17, 15) is 0 Å². The number of fused-ring (bicyclic) bond motifs is 1. The lowest BCUT2D eigenvalue weighted by Crippen LogP contribution is -1.95. The second-order valence-electron chi connectivity index (χ2n) is 4.18. The Labute approximate surface area is 89.6 Å². The Balaban J connectivity index is 2.13. The van der Waals surface area contributed by atoms with Crippen molar-refractivity contribution in [3.63, 3.8) is 0 Å². The molecule has 2 heterocycles. The van der Waals surface area contributed by atoms with Gasteiger partial charge in [-0.3, -0.25) is 0 Å². The summed E-state index contributed by atoms with van der Waals surface area (Å²) in [7, 11) is 0. The molecule has 0 N–H and O–H groups in total. The average Bonchev–Trinajstić information content (AvgIpc) is 2.77. The lowest BCUT2D eigenvalue weighted by molar-refractivity contribution is 0.756. The van der Waals surface area contributed by atoms with Crippen molar-refractivity contribution in [2.24, 2.45) is 0 Å². The molecule has 15 heavy (non-hydrogen) atoms. The van der Waals surface area contributed by atoms with E-state index in [1.54, 1.807) is 0 Å². The number of hydrogen-bond acceptors (Lipinski definition) is 1. The fourth-order valence-electron chi connectivity index (χ4n) is 2.29. The summed E-state index contributed by atoms with van der Waals surface area (Å²) in [6.45, 7) is 3.25. The third-order valence-electron chi connectivity index (χ3n) is 3.03. The molecule has 0 saturated carbocycles. The van der Waals surface area contributed by atoms with Gasteiger partial charge in [-0.05, 0) is 19.4 Å². The van der Waals surface area contributed by atoms with Gasteiger partial charge in [0.05, 0.1) is 11.9 Å². The molecule has 2 aromatic rings. The SMILES string of the molecule is Cc1cccc(-c2cnc3n2CCC3)c1. The molecule has 1 aromatic heterocycles. The van der Waals surface area contributed by atoms with Crippen LogP contribution in [0.15, 0.2) is 30.5 Å². The minimum atomic E-state index is 1.12. The number of aromatic nitrogens is 2. The van der Waals surface area contributed by atoms with Gasteiger partial charge in [0, 0.05) is 18.5 Å². The Kier molecular flexibility index (Phi) is 1.88. The zero-order chi connectivity index (χ0) is 10.3. The highest BCUT2D eigenvalue weighted by Crippen LogP contribution is 2.25. The van der Waals surface area contributed by atoms with Crippen molar-refractivity contribution in [1.82, 2.24) is 9.55 Å². The second-order valence-corrected chi connectivity index (χ2v) is 4.18. The standard InChI is InChI=1S/C13H14N2/c1-10-4-2-5-11(8-10)12-9-14-13-6-3-7-15(12)13/h2,4-5,8-9H,3,6-7H2,1H3. The van der Waals surface area contributed by atoms with Gasteiger partial charge in [-0.25, -0.2) is 4.98 Å². The summed E-state index contributed by atoms with van der Waals surface area (Å²) in [6, 6.07) is 8.63. The van der Waals surface area contributed by atoms with E-state index in [4.69, 9.17) is 0 Å². The first-order valence-corrected chi connectivity index (χ1v) is 5.46. The highest BCUT2D eigenvalue weighted by Gasteiger charge is 2.16. The molecule has 0 atom stereocenters. The van der Waals surface area contributed by atoms with Crippen LogP contribution in [0.1, 0.15) is 17.8 Å². The summed E-state index contributed by atoms with van der Waals surface area (Å²) in [4.78, 5) is 4.47. The fourth-order valence-corrected chi connectivity index (χ4v) is 2.29. The van der Waals surface area contributed by atoms with E-state index in [2.05, 4.69) is 40.7 Å². The predicted molar refractivity (Wildman–Crippen MR) is 60.7 cm³/mol. The highest BCUT2D eigenvalue weighted by molar-refractivity contribution is 5.60. The monoisotopic (exact) mass is 198 g/mol. The fraction of sp³-hybridized carbons (Fsp3) is 0.308. The first kappa shape index (κ1) is 8.72. The Morgan fingerprint density at radius 3 is 3.13 bits per heavy atom. The zero-order valence-electron chi connectivity index (χ0n) is 8.90. The Morgan fingerprint density at radius 1 is 1.33 bits per heavy atom. The normalized spacial score (nSPS) is 14.2. The largest absolute Gasteiger partial charge is 0.328 e. The first-order valence-electron chi connectivity index (χ1n) is 5.46. The molecule has 0 fully saturated rings. The Morgan fingerprint density at radius 2 is 2.27 bits per heavy atom. The van der Waals surface area contributed by atoms with E-state index in [0.29, 0.717) is 0 Å². The number of aryl methyl sites for hydroxylation is 2. The van der Waals surface area contributed by atoms with Gasteiger partial charge in [-0.1, -0.05) is 23.8 Å². The molecular weight excluding hydrogens is 184 g/mol. The number of hydrogen-bond donors (Lipinski definition) is 0. The molecule has 0 spiro atoms. The lowest BCUT2D eigenvalue weighted by Gasteiger charge is -2.05.